The number of anilines is 1. The van der Waals surface area contributed by atoms with Gasteiger partial charge in [0.2, 0.25) is 0 Å². The third-order valence-corrected chi connectivity index (χ3v) is 5.93. The van der Waals surface area contributed by atoms with E-state index in [0.29, 0.717) is 11.3 Å². The lowest BCUT2D eigenvalue weighted by molar-refractivity contribution is -0.127. The Morgan fingerprint density at radius 1 is 1.10 bits per heavy atom. The molecule has 0 aliphatic rings. The van der Waals surface area contributed by atoms with Gasteiger partial charge in [-0.05, 0) is 50.2 Å². The van der Waals surface area contributed by atoms with Gasteiger partial charge in [-0.3, -0.25) is 10.1 Å². The number of benzene rings is 2. The summed E-state index contributed by atoms with van der Waals surface area (Å²) in [5.74, 6) is -0.610. The van der Waals surface area contributed by atoms with Crippen LogP contribution in [-0.2, 0) is 15.3 Å². The van der Waals surface area contributed by atoms with Gasteiger partial charge in [0.25, 0.3) is 5.91 Å². The van der Waals surface area contributed by atoms with Gasteiger partial charge in [0.05, 0.1) is 16.3 Å². The van der Waals surface area contributed by atoms with E-state index in [9.17, 15) is 14.4 Å². The summed E-state index contributed by atoms with van der Waals surface area (Å²) >= 11 is 3.23. The van der Waals surface area contributed by atoms with Gasteiger partial charge in [-0.2, -0.15) is 0 Å². The van der Waals surface area contributed by atoms with Crippen LogP contribution >= 0.6 is 23.1 Å². The topological polar surface area (TPSA) is 97.4 Å². The summed E-state index contributed by atoms with van der Waals surface area (Å²) in [6.07, 6.45) is -1.13. The minimum Gasteiger partial charge on any atom is -0.449 e. The van der Waals surface area contributed by atoms with Crippen LogP contribution < -0.4 is 10.6 Å². The lowest BCUT2D eigenvalue weighted by Gasteiger charge is -2.13. The molecule has 0 saturated carbocycles. The monoisotopic (exact) mass is 455 g/mol. The molecule has 0 spiro atoms. The van der Waals surface area contributed by atoms with E-state index < -0.39 is 24.0 Å². The van der Waals surface area contributed by atoms with E-state index in [1.54, 1.807) is 59.5 Å². The molecule has 2 aromatic carbocycles. The fraction of sp³-hybridized carbons (Fsp3) is 0.182. The van der Waals surface area contributed by atoms with Gasteiger partial charge in [0.15, 0.2) is 6.10 Å². The van der Waals surface area contributed by atoms with Crippen molar-refractivity contribution in [3.63, 3.8) is 0 Å². The van der Waals surface area contributed by atoms with Gasteiger partial charge in [0.1, 0.15) is 0 Å². The Balaban J connectivity index is 1.47. The highest BCUT2D eigenvalue weighted by molar-refractivity contribution is 7.98. The molecule has 0 fully saturated rings. The predicted molar refractivity (Wildman–Crippen MR) is 121 cm³/mol. The number of nitrogens with one attached hydrogen (secondary N) is 2. The third-order valence-electron chi connectivity index (χ3n) is 4.06. The van der Waals surface area contributed by atoms with Crippen LogP contribution in [0.2, 0.25) is 0 Å². The first-order valence-corrected chi connectivity index (χ1v) is 11.3. The fourth-order valence-electron chi connectivity index (χ4n) is 2.50. The van der Waals surface area contributed by atoms with Crippen molar-refractivity contribution >= 4 is 46.7 Å². The van der Waals surface area contributed by atoms with E-state index in [2.05, 4.69) is 15.6 Å². The molecule has 0 saturated heterocycles. The summed E-state index contributed by atoms with van der Waals surface area (Å²) in [5, 5.41) is 7.74. The maximum Gasteiger partial charge on any atom is 0.338 e. The maximum absolute atomic E-state index is 12.3. The number of imide groups is 1. The maximum atomic E-state index is 12.3. The summed E-state index contributed by atoms with van der Waals surface area (Å²) < 4.78 is 5.17. The number of para-hydroxylation sites is 1. The minimum absolute atomic E-state index is 0.322. The highest BCUT2D eigenvalue weighted by Crippen LogP contribution is 2.24. The van der Waals surface area contributed by atoms with Crippen molar-refractivity contribution in [3.05, 3.63) is 76.2 Å². The minimum atomic E-state index is -1.13. The van der Waals surface area contributed by atoms with Crippen LogP contribution in [0.3, 0.4) is 0 Å². The Bertz CT molecular complexity index is 1050. The number of hydrogen-bond acceptors (Lipinski definition) is 7. The quantitative estimate of drug-likeness (QED) is 0.398. The second-order valence-corrected chi connectivity index (χ2v) is 8.64. The SMILES string of the molecule is Cc1nc(CSc2ccc(C(=O)O[C@H](C)C(=O)NC(=O)Nc3ccccc3)cc2)cs1. The van der Waals surface area contributed by atoms with Crippen molar-refractivity contribution in [1.82, 2.24) is 10.3 Å². The van der Waals surface area contributed by atoms with Crippen molar-refractivity contribution in [3.8, 4) is 0 Å². The molecule has 1 aromatic heterocycles. The molecule has 0 unspecified atom stereocenters. The highest BCUT2D eigenvalue weighted by atomic mass is 32.2. The smallest absolute Gasteiger partial charge is 0.338 e. The second-order valence-electron chi connectivity index (χ2n) is 6.53. The van der Waals surface area contributed by atoms with Crippen LogP contribution in [-0.4, -0.2) is 29.0 Å². The molecule has 1 atom stereocenters. The number of rotatable bonds is 7. The molecule has 3 amide bonds. The Kier molecular flexibility index (Phi) is 7.80. The van der Waals surface area contributed by atoms with Crippen molar-refractivity contribution in [1.29, 1.82) is 0 Å². The third kappa shape index (κ3) is 6.94. The number of amides is 3. The number of nitrogens with zero attached hydrogens (tertiary/aromatic N) is 1. The van der Waals surface area contributed by atoms with Gasteiger partial charge >= 0.3 is 12.0 Å². The van der Waals surface area contributed by atoms with E-state index in [0.717, 1.165) is 21.3 Å². The molecule has 2 N–H and O–H groups in total. The summed E-state index contributed by atoms with van der Waals surface area (Å²) in [6.45, 7) is 3.37. The van der Waals surface area contributed by atoms with E-state index in [-0.39, 0.29) is 0 Å². The molecule has 7 nitrogen and oxygen atoms in total. The number of hydrogen-bond donors (Lipinski definition) is 2. The molecule has 0 aliphatic heterocycles. The van der Waals surface area contributed by atoms with Crippen LogP contribution in [0.1, 0.15) is 28.0 Å². The molecular formula is C22H21N3O4S2. The number of aryl methyl sites for hydroxylation is 1. The number of thiazole rings is 1. The molecule has 0 aliphatic carbocycles. The number of esters is 1. The molecule has 0 bridgehead atoms. The molecule has 160 valence electrons. The first-order valence-electron chi connectivity index (χ1n) is 9.42. The standard InChI is InChI=1S/C22H21N3O4S2/c1-14(20(26)25-22(28)24-17-6-4-3-5-7-17)29-21(27)16-8-10-19(11-9-16)31-13-18-12-30-15(2)23-18/h3-12,14H,13H2,1-2H3,(H2,24,25,26,28)/t14-/m1/s1. The van der Waals surface area contributed by atoms with Gasteiger partial charge in [-0.1, -0.05) is 18.2 Å². The summed E-state index contributed by atoms with van der Waals surface area (Å²) in [6, 6.07) is 14.9. The zero-order chi connectivity index (χ0) is 22.2. The van der Waals surface area contributed by atoms with Gasteiger partial charge in [-0.25, -0.2) is 14.6 Å². The number of ether oxygens (including phenoxy) is 1. The number of thioether (sulfide) groups is 1. The predicted octanol–water partition coefficient (Wildman–Crippen LogP) is 4.64. The Morgan fingerprint density at radius 2 is 1.81 bits per heavy atom. The molecule has 0 radical (unpaired) electrons. The van der Waals surface area contributed by atoms with Crippen molar-refractivity contribution in [2.45, 2.75) is 30.6 Å². The Hall–Kier alpha value is -3.17. The van der Waals surface area contributed by atoms with Crippen LogP contribution in [0.25, 0.3) is 0 Å². The number of carbonyl (C=O) groups excluding carboxylic acids is 3. The first kappa shape index (κ1) is 22.5. The van der Waals surface area contributed by atoms with E-state index >= 15 is 0 Å². The van der Waals surface area contributed by atoms with Gasteiger partial charge in [0, 0.05) is 21.7 Å². The Morgan fingerprint density at radius 3 is 2.45 bits per heavy atom. The van der Waals surface area contributed by atoms with Gasteiger partial charge in [-0.15, -0.1) is 23.1 Å². The highest BCUT2D eigenvalue weighted by Gasteiger charge is 2.21. The van der Waals surface area contributed by atoms with Crippen molar-refractivity contribution in [2.75, 3.05) is 5.32 Å². The van der Waals surface area contributed by atoms with E-state index in [4.69, 9.17) is 4.74 Å². The van der Waals surface area contributed by atoms with Crippen LogP contribution in [0.15, 0.2) is 64.9 Å². The lowest BCUT2D eigenvalue weighted by Crippen LogP contribution is -2.41. The largest absolute Gasteiger partial charge is 0.449 e. The zero-order valence-corrected chi connectivity index (χ0v) is 18.6. The normalized spacial score (nSPS) is 11.4. The molecule has 3 rings (SSSR count). The summed E-state index contributed by atoms with van der Waals surface area (Å²) in [4.78, 5) is 41.7. The molecule has 31 heavy (non-hydrogen) atoms. The van der Waals surface area contributed by atoms with Gasteiger partial charge < -0.3 is 10.1 Å². The summed E-state index contributed by atoms with van der Waals surface area (Å²) in [7, 11) is 0. The summed E-state index contributed by atoms with van der Waals surface area (Å²) in [5.41, 5.74) is 1.88. The number of carbonyl (C=O) groups is 3. The van der Waals surface area contributed by atoms with Crippen LogP contribution in [0.5, 0.6) is 0 Å². The fourth-order valence-corrected chi connectivity index (χ4v) is 4.01. The average Bonchev–Trinajstić information content (AvgIpc) is 3.18. The van der Waals surface area contributed by atoms with Crippen LogP contribution in [0, 0.1) is 6.92 Å². The molecule has 9 heteroatoms. The molecule has 1 heterocycles. The Labute approximate surface area is 188 Å². The van der Waals surface area contributed by atoms with Crippen LogP contribution in [0.4, 0.5) is 10.5 Å². The van der Waals surface area contributed by atoms with E-state index in [1.807, 2.05) is 30.5 Å². The van der Waals surface area contributed by atoms with E-state index in [1.165, 1.54) is 6.92 Å². The van der Waals surface area contributed by atoms with Crippen molar-refractivity contribution < 1.29 is 19.1 Å². The number of urea groups is 1. The average molecular weight is 456 g/mol. The first-order chi connectivity index (χ1) is 14.9. The molecule has 3 aromatic rings. The number of aromatic nitrogens is 1. The lowest BCUT2D eigenvalue weighted by atomic mass is 10.2. The van der Waals surface area contributed by atoms with Crippen molar-refractivity contribution in [2.24, 2.45) is 0 Å². The molecular weight excluding hydrogens is 434 g/mol. The second kappa shape index (κ2) is 10.7. The zero-order valence-electron chi connectivity index (χ0n) is 17.0.